The highest BCUT2D eigenvalue weighted by atomic mass is 32.1. The van der Waals surface area contributed by atoms with E-state index in [-0.39, 0.29) is 18.0 Å². The standard InChI is InChI=1S/C15H24N2OS/c1-3-10-17-14(18)7-5-6-12(16)15(17)13-9-8-11(4-2)19-13/h8-9,12,15H,3-7,10,16H2,1-2H3. The first kappa shape index (κ1) is 14.5. The van der Waals surface area contributed by atoms with Gasteiger partial charge in [0, 0.05) is 28.8 Å². The summed E-state index contributed by atoms with van der Waals surface area (Å²) in [5.74, 6) is 0.270. The van der Waals surface area contributed by atoms with Gasteiger partial charge in [0.2, 0.25) is 5.91 Å². The molecule has 0 saturated carbocycles. The quantitative estimate of drug-likeness (QED) is 0.921. The van der Waals surface area contributed by atoms with E-state index >= 15 is 0 Å². The van der Waals surface area contributed by atoms with Crippen molar-refractivity contribution in [2.45, 2.75) is 58.0 Å². The molecule has 19 heavy (non-hydrogen) atoms. The predicted molar refractivity (Wildman–Crippen MR) is 80.3 cm³/mol. The maximum absolute atomic E-state index is 12.3. The fraction of sp³-hybridized carbons (Fsp3) is 0.667. The smallest absolute Gasteiger partial charge is 0.223 e. The molecule has 2 heterocycles. The Hall–Kier alpha value is -0.870. The predicted octanol–water partition coefficient (Wildman–Crippen LogP) is 3.10. The molecule has 3 nitrogen and oxygen atoms in total. The molecule has 2 rings (SSSR count). The minimum absolute atomic E-state index is 0.0707. The number of nitrogens with zero attached hydrogens (tertiary/aromatic N) is 1. The summed E-state index contributed by atoms with van der Waals surface area (Å²) < 4.78 is 0. The summed E-state index contributed by atoms with van der Waals surface area (Å²) in [4.78, 5) is 16.9. The van der Waals surface area contributed by atoms with Crippen LogP contribution in [-0.4, -0.2) is 23.4 Å². The molecule has 1 aromatic heterocycles. The van der Waals surface area contributed by atoms with Gasteiger partial charge in [-0.25, -0.2) is 0 Å². The van der Waals surface area contributed by atoms with Crippen molar-refractivity contribution in [3.05, 3.63) is 21.9 Å². The Morgan fingerprint density at radius 1 is 1.42 bits per heavy atom. The van der Waals surface area contributed by atoms with Crippen molar-refractivity contribution in [3.8, 4) is 0 Å². The van der Waals surface area contributed by atoms with Crippen LogP contribution in [0.25, 0.3) is 0 Å². The topological polar surface area (TPSA) is 46.3 Å². The lowest BCUT2D eigenvalue weighted by atomic mass is 10.0. The van der Waals surface area contributed by atoms with E-state index in [9.17, 15) is 4.79 Å². The average Bonchev–Trinajstić information content (AvgIpc) is 2.81. The molecule has 1 amide bonds. The third kappa shape index (κ3) is 3.18. The minimum Gasteiger partial charge on any atom is -0.333 e. The lowest BCUT2D eigenvalue weighted by molar-refractivity contribution is -0.133. The van der Waals surface area contributed by atoms with Crippen molar-refractivity contribution in [2.24, 2.45) is 5.73 Å². The van der Waals surface area contributed by atoms with E-state index in [1.54, 1.807) is 0 Å². The molecule has 2 unspecified atom stereocenters. The number of likely N-dealkylation sites (tertiary alicyclic amines) is 1. The molecule has 0 radical (unpaired) electrons. The molecule has 1 aliphatic rings. The number of hydrogen-bond acceptors (Lipinski definition) is 3. The van der Waals surface area contributed by atoms with Crippen LogP contribution in [0.3, 0.4) is 0 Å². The van der Waals surface area contributed by atoms with Gasteiger partial charge < -0.3 is 10.6 Å². The Labute approximate surface area is 119 Å². The Morgan fingerprint density at radius 3 is 2.84 bits per heavy atom. The van der Waals surface area contributed by atoms with Crippen LogP contribution in [0.1, 0.15) is 55.3 Å². The molecule has 1 fully saturated rings. The number of thiophene rings is 1. The number of carbonyl (C=O) groups excluding carboxylic acids is 1. The second-order valence-corrected chi connectivity index (χ2v) is 6.45. The molecule has 0 spiro atoms. The van der Waals surface area contributed by atoms with Gasteiger partial charge in [0.05, 0.1) is 6.04 Å². The van der Waals surface area contributed by atoms with Crippen LogP contribution >= 0.6 is 11.3 Å². The van der Waals surface area contributed by atoms with Gasteiger partial charge >= 0.3 is 0 Å². The van der Waals surface area contributed by atoms with Crippen molar-refractivity contribution in [3.63, 3.8) is 0 Å². The summed E-state index contributed by atoms with van der Waals surface area (Å²) in [6.45, 7) is 5.10. The van der Waals surface area contributed by atoms with Crippen LogP contribution in [0, 0.1) is 0 Å². The fourth-order valence-corrected chi connectivity index (χ4v) is 3.93. The number of rotatable bonds is 4. The monoisotopic (exact) mass is 280 g/mol. The maximum Gasteiger partial charge on any atom is 0.223 e. The van der Waals surface area contributed by atoms with Gasteiger partial charge in [-0.3, -0.25) is 4.79 Å². The second-order valence-electron chi connectivity index (χ2n) is 5.25. The Bertz CT molecular complexity index is 430. The molecule has 1 saturated heterocycles. The van der Waals surface area contributed by atoms with Gasteiger partial charge in [0.1, 0.15) is 0 Å². The van der Waals surface area contributed by atoms with Crippen molar-refractivity contribution in [2.75, 3.05) is 6.54 Å². The molecule has 1 aliphatic heterocycles. The normalized spacial score (nSPS) is 24.6. The van der Waals surface area contributed by atoms with Crippen molar-refractivity contribution >= 4 is 17.2 Å². The molecule has 106 valence electrons. The van der Waals surface area contributed by atoms with Crippen molar-refractivity contribution in [1.29, 1.82) is 0 Å². The fourth-order valence-electron chi connectivity index (χ4n) is 2.79. The number of hydrogen-bond donors (Lipinski definition) is 1. The lowest BCUT2D eigenvalue weighted by Gasteiger charge is -2.32. The number of carbonyl (C=O) groups is 1. The van der Waals surface area contributed by atoms with Crippen LogP contribution in [0.4, 0.5) is 0 Å². The molecule has 0 aliphatic carbocycles. The number of aryl methyl sites for hydroxylation is 1. The SMILES string of the molecule is CCCN1C(=O)CCCC(N)C1c1ccc(CC)s1. The van der Waals surface area contributed by atoms with E-state index in [2.05, 4.69) is 26.0 Å². The summed E-state index contributed by atoms with van der Waals surface area (Å²) in [6.07, 6.45) is 4.55. The summed E-state index contributed by atoms with van der Waals surface area (Å²) >= 11 is 1.81. The Morgan fingerprint density at radius 2 is 2.21 bits per heavy atom. The first-order valence-corrected chi connectivity index (χ1v) is 8.12. The molecule has 2 atom stereocenters. The third-order valence-electron chi connectivity index (χ3n) is 3.78. The number of amides is 1. The summed E-state index contributed by atoms with van der Waals surface area (Å²) in [7, 11) is 0. The van der Waals surface area contributed by atoms with E-state index in [1.165, 1.54) is 9.75 Å². The highest BCUT2D eigenvalue weighted by Gasteiger charge is 2.33. The van der Waals surface area contributed by atoms with E-state index in [0.717, 1.165) is 32.2 Å². The van der Waals surface area contributed by atoms with E-state index < -0.39 is 0 Å². The zero-order valence-corrected chi connectivity index (χ0v) is 12.7. The van der Waals surface area contributed by atoms with Gasteiger partial charge in [-0.2, -0.15) is 0 Å². The molecule has 2 N–H and O–H groups in total. The molecular formula is C15H24N2OS. The molecule has 0 aromatic carbocycles. The van der Waals surface area contributed by atoms with Gasteiger partial charge in [-0.15, -0.1) is 11.3 Å². The Kier molecular flexibility index (Phi) is 4.99. The lowest BCUT2D eigenvalue weighted by Crippen LogP contribution is -2.42. The summed E-state index contributed by atoms with van der Waals surface area (Å²) in [5, 5.41) is 0. The summed E-state index contributed by atoms with van der Waals surface area (Å²) in [5.41, 5.74) is 6.36. The molecular weight excluding hydrogens is 256 g/mol. The number of nitrogens with two attached hydrogens (primary N) is 1. The first-order valence-electron chi connectivity index (χ1n) is 7.31. The summed E-state index contributed by atoms with van der Waals surface area (Å²) in [6, 6.07) is 4.49. The zero-order valence-electron chi connectivity index (χ0n) is 11.9. The maximum atomic E-state index is 12.3. The van der Waals surface area contributed by atoms with Crippen LogP contribution in [0.5, 0.6) is 0 Å². The Balaban J connectivity index is 2.31. The van der Waals surface area contributed by atoms with E-state index in [4.69, 9.17) is 5.73 Å². The van der Waals surface area contributed by atoms with Crippen molar-refractivity contribution in [1.82, 2.24) is 4.90 Å². The molecule has 4 heteroatoms. The van der Waals surface area contributed by atoms with Crippen LogP contribution in [0.2, 0.25) is 0 Å². The molecule has 1 aromatic rings. The van der Waals surface area contributed by atoms with Crippen LogP contribution < -0.4 is 5.73 Å². The second kappa shape index (κ2) is 6.53. The molecule has 0 bridgehead atoms. The van der Waals surface area contributed by atoms with Crippen LogP contribution in [-0.2, 0) is 11.2 Å². The van der Waals surface area contributed by atoms with Gasteiger partial charge in [0.25, 0.3) is 0 Å². The van der Waals surface area contributed by atoms with Gasteiger partial charge in [-0.1, -0.05) is 13.8 Å². The van der Waals surface area contributed by atoms with Crippen LogP contribution in [0.15, 0.2) is 12.1 Å². The highest BCUT2D eigenvalue weighted by molar-refractivity contribution is 7.12. The average molecular weight is 280 g/mol. The van der Waals surface area contributed by atoms with Gasteiger partial charge in [0.15, 0.2) is 0 Å². The first-order chi connectivity index (χ1) is 9.17. The van der Waals surface area contributed by atoms with E-state index in [0.29, 0.717) is 6.42 Å². The highest BCUT2D eigenvalue weighted by Crippen LogP contribution is 2.34. The minimum atomic E-state index is 0.0707. The third-order valence-corrected chi connectivity index (χ3v) is 5.08. The van der Waals surface area contributed by atoms with Crippen molar-refractivity contribution < 1.29 is 4.79 Å². The largest absolute Gasteiger partial charge is 0.333 e. The van der Waals surface area contributed by atoms with E-state index in [1.807, 2.05) is 16.2 Å². The zero-order chi connectivity index (χ0) is 13.8. The van der Waals surface area contributed by atoms with Gasteiger partial charge in [-0.05, 0) is 37.8 Å².